The first-order chi connectivity index (χ1) is 14.6. The summed E-state index contributed by atoms with van der Waals surface area (Å²) in [6.07, 6.45) is 12.5. The van der Waals surface area contributed by atoms with Crippen LogP contribution < -0.4 is 9.13 Å². The summed E-state index contributed by atoms with van der Waals surface area (Å²) in [7, 11) is -17.2. The molecule has 0 spiro atoms. The molecule has 0 unspecified atom stereocenters. The van der Waals surface area contributed by atoms with E-state index in [0.717, 1.165) is 13.1 Å². The van der Waals surface area contributed by atoms with Gasteiger partial charge in [0.25, 0.3) is 0 Å². The number of rotatable bonds is 4. The van der Waals surface area contributed by atoms with Gasteiger partial charge in [0.15, 0.2) is 0 Å². The summed E-state index contributed by atoms with van der Waals surface area (Å²) in [6, 6.07) is 8.77. The molecule has 0 atom stereocenters. The molecule has 18 heteroatoms. The van der Waals surface area contributed by atoms with E-state index in [4.69, 9.17) is 0 Å². The Labute approximate surface area is 185 Å². The van der Waals surface area contributed by atoms with Gasteiger partial charge in [-0.05, 0) is 17.2 Å². The van der Waals surface area contributed by atoms with Gasteiger partial charge in [0, 0.05) is 0 Å². The van der Waals surface area contributed by atoms with Gasteiger partial charge in [-0.15, -0.1) is 0 Å². The molecule has 0 aliphatic rings. The van der Waals surface area contributed by atoms with Gasteiger partial charge in [0.05, 0.1) is 14.1 Å². The van der Waals surface area contributed by atoms with Crippen molar-refractivity contribution in [3.05, 3.63) is 72.8 Å². The van der Waals surface area contributed by atoms with E-state index in [1.165, 1.54) is 11.1 Å². The molecule has 0 amide bonds. The van der Waals surface area contributed by atoms with Crippen molar-refractivity contribution in [3.8, 4) is 0 Å². The Kier molecular flexibility index (Phi) is 7.08. The van der Waals surface area contributed by atoms with E-state index < -0.39 is 15.6 Å². The van der Waals surface area contributed by atoms with Crippen molar-refractivity contribution in [1.82, 2.24) is 9.13 Å². The summed E-state index contributed by atoms with van der Waals surface area (Å²) in [6.45, 7) is 1.82. The number of imidazole rings is 2. The zero-order chi connectivity index (χ0) is 26.8. The van der Waals surface area contributed by atoms with Crippen molar-refractivity contribution < 1.29 is 59.5 Å². The van der Waals surface area contributed by atoms with Crippen LogP contribution in [0.3, 0.4) is 0 Å². The Bertz CT molecular complexity index is 1010. The van der Waals surface area contributed by atoms with Crippen LogP contribution >= 0.6 is 15.6 Å². The van der Waals surface area contributed by atoms with E-state index in [1.807, 2.05) is 14.1 Å². The van der Waals surface area contributed by atoms with E-state index >= 15 is 0 Å². The molecule has 3 rings (SSSR count). The third-order valence-electron chi connectivity index (χ3n) is 3.37. The van der Waals surface area contributed by atoms with E-state index in [1.54, 1.807) is 0 Å². The van der Waals surface area contributed by atoms with Gasteiger partial charge in [0.1, 0.15) is 37.9 Å². The fourth-order valence-electron chi connectivity index (χ4n) is 2.44. The second-order valence-corrected chi connectivity index (χ2v) is 11.1. The van der Waals surface area contributed by atoms with Crippen molar-refractivity contribution in [2.75, 3.05) is 0 Å². The van der Waals surface area contributed by atoms with Crippen LogP contribution in [0.2, 0.25) is 0 Å². The number of nitrogens with zero attached hydrogens (tertiary/aromatic N) is 4. The van der Waals surface area contributed by atoms with Crippen LogP contribution in [0.5, 0.6) is 0 Å². The van der Waals surface area contributed by atoms with Crippen LogP contribution in [-0.2, 0) is 27.2 Å². The molecule has 4 nitrogen and oxygen atoms in total. The van der Waals surface area contributed by atoms with Crippen molar-refractivity contribution in [2.45, 2.75) is 13.1 Å². The Morgan fingerprint density at radius 1 is 0.618 bits per heavy atom. The summed E-state index contributed by atoms with van der Waals surface area (Å²) in [5.41, 5.74) is 2.66. The van der Waals surface area contributed by atoms with Crippen LogP contribution in [0, 0.1) is 0 Å². The predicted molar refractivity (Wildman–Crippen MR) is 103 cm³/mol. The zero-order valence-corrected chi connectivity index (χ0v) is 19.2. The maximum atomic E-state index is 9.87. The van der Waals surface area contributed by atoms with Gasteiger partial charge in [0.2, 0.25) is 12.7 Å². The topological polar surface area (TPSA) is 17.6 Å². The fraction of sp³-hybridized carbons (Fsp3) is 0.250. The first-order valence-corrected chi connectivity index (χ1v) is 12.9. The van der Waals surface area contributed by atoms with Gasteiger partial charge in [-0.3, -0.25) is 0 Å². The normalized spacial score (nSPS) is 15.9. The fourth-order valence-corrected chi connectivity index (χ4v) is 2.44. The Morgan fingerprint density at radius 3 is 1.15 bits per heavy atom. The molecule has 0 saturated carbocycles. The zero-order valence-electron chi connectivity index (χ0n) is 17.4. The molecule has 34 heavy (non-hydrogen) atoms. The van der Waals surface area contributed by atoms with Gasteiger partial charge in [-0.1, -0.05) is 18.2 Å². The maximum absolute atomic E-state index is 10.7. The van der Waals surface area contributed by atoms with Crippen LogP contribution in [0.15, 0.2) is 61.7 Å². The monoisotopic (exact) mass is 558 g/mol. The summed E-state index contributed by atoms with van der Waals surface area (Å²) < 4.78 is 127. The first kappa shape index (κ1) is 29.7. The van der Waals surface area contributed by atoms with Crippen LogP contribution in [0.4, 0.5) is 50.4 Å². The number of halogens is 12. The summed E-state index contributed by atoms with van der Waals surface area (Å²) in [5, 5.41) is 0. The standard InChI is InChI=1S/C16H20N4.2F6P/c1-17-6-8-19(13-17)11-15-4-3-5-16(10-15)12-20-9-7-18(2)14-20;2*1-7(2,3,4,5)6/h3-10,13-14H,11-12H2,1-2H3;;/q+2;2*-1. The van der Waals surface area contributed by atoms with Crippen LogP contribution in [0.25, 0.3) is 0 Å². The van der Waals surface area contributed by atoms with Crippen molar-refractivity contribution in [1.29, 1.82) is 0 Å². The number of hydrogen-bond donors (Lipinski definition) is 0. The van der Waals surface area contributed by atoms with Crippen molar-refractivity contribution >= 4 is 15.6 Å². The summed E-state index contributed by atoms with van der Waals surface area (Å²) in [5.74, 6) is 0. The second-order valence-electron chi connectivity index (χ2n) is 7.24. The van der Waals surface area contributed by atoms with Gasteiger partial charge in [-0.25, -0.2) is 18.3 Å². The number of aromatic nitrogens is 4. The molecule has 0 saturated heterocycles. The third kappa shape index (κ3) is 21.5. The number of aryl methyl sites for hydroxylation is 2. The molecule has 0 fully saturated rings. The van der Waals surface area contributed by atoms with Gasteiger partial charge < -0.3 is 0 Å². The number of benzene rings is 1. The van der Waals surface area contributed by atoms with E-state index in [-0.39, 0.29) is 0 Å². The molecular weight excluding hydrogens is 538 g/mol. The van der Waals surface area contributed by atoms with Crippen LogP contribution in [-0.4, -0.2) is 9.13 Å². The van der Waals surface area contributed by atoms with E-state index in [9.17, 15) is 50.4 Å². The molecule has 1 aromatic carbocycles. The van der Waals surface area contributed by atoms with Crippen LogP contribution in [0.1, 0.15) is 11.1 Å². The van der Waals surface area contributed by atoms with E-state index in [2.05, 4.69) is 80.0 Å². The first-order valence-electron chi connectivity index (χ1n) is 8.82. The Balaban J connectivity index is 0.000000343. The molecular formula is C16H20F12N4P2. The van der Waals surface area contributed by atoms with Gasteiger partial charge in [-0.2, -0.15) is 0 Å². The third-order valence-corrected chi connectivity index (χ3v) is 3.37. The summed E-state index contributed by atoms with van der Waals surface area (Å²) in [4.78, 5) is 0. The summed E-state index contributed by atoms with van der Waals surface area (Å²) >= 11 is 0. The Morgan fingerprint density at radius 2 is 0.912 bits per heavy atom. The van der Waals surface area contributed by atoms with Crippen molar-refractivity contribution in [3.63, 3.8) is 0 Å². The van der Waals surface area contributed by atoms with E-state index in [0.29, 0.717) is 0 Å². The molecule has 0 aliphatic heterocycles. The minimum atomic E-state index is -10.7. The molecule has 0 N–H and O–H groups in total. The van der Waals surface area contributed by atoms with Gasteiger partial charge >= 0.3 is 66.0 Å². The second kappa shape index (κ2) is 8.11. The molecule has 198 valence electrons. The SMILES string of the molecule is C[n+]1ccn(Cc2cccc(Cn3cc[n+](C)c3)c2)c1.F[P-](F)(F)(F)(F)F.F[P-](F)(F)(F)(F)F. The molecule has 0 radical (unpaired) electrons. The van der Waals surface area contributed by atoms with Crippen molar-refractivity contribution in [2.24, 2.45) is 14.1 Å². The molecule has 2 aromatic heterocycles. The molecule has 0 aliphatic carbocycles. The Hall–Kier alpha value is -2.34. The average Bonchev–Trinajstić information content (AvgIpc) is 3.10. The number of hydrogen-bond acceptors (Lipinski definition) is 0. The average molecular weight is 558 g/mol. The molecule has 3 aromatic rings. The molecule has 2 heterocycles. The molecule has 0 bridgehead atoms. The predicted octanol–water partition coefficient (Wildman–Crippen LogP) is 7.80. The quantitative estimate of drug-likeness (QED) is 0.177. The minimum absolute atomic E-state index is 0.911.